The second-order valence-electron chi connectivity index (χ2n) is 2.52. The van der Waals surface area contributed by atoms with Gasteiger partial charge in [0.05, 0.1) is 0 Å². The molecule has 0 aliphatic carbocycles. The number of ether oxygens (including phenoxy) is 1. The van der Waals surface area contributed by atoms with Gasteiger partial charge in [0.2, 0.25) is 0 Å². The van der Waals surface area contributed by atoms with E-state index in [-0.39, 0.29) is 5.97 Å². The van der Waals surface area contributed by atoms with Crippen LogP contribution in [0.3, 0.4) is 0 Å². The zero-order valence-corrected chi connectivity index (χ0v) is 9.93. The molecule has 0 fully saturated rings. The first-order chi connectivity index (χ1) is 6.09. The SMILES string of the molecule is CC(=O)OCc1ccc(Cl)cc1I. The predicted octanol–water partition coefficient (Wildman–Crippen LogP) is 3.01. The maximum atomic E-state index is 10.5. The van der Waals surface area contributed by atoms with Crippen LogP contribution in [0.25, 0.3) is 0 Å². The molecule has 70 valence electrons. The van der Waals surface area contributed by atoms with Gasteiger partial charge in [-0.2, -0.15) is 0 Å². The van der Waals surface area contributed by atoms with Gasteiger partial charge in [0.1, 0.15) is 6.61 Å². The van der Waals surface area contributed by atoms with E-state index in [4.69, 9.17) is 16.3 Å². The molecular weight excluding hydrogens is 302 g/mol. The Kier molecular flexibility index (Phi) is 3.99. The molecule has 0 spiro atoms. The van der Waals surface area contributed by atoms with Crippen LogP contribution in [0.2, 0.25) is 5.02 Å². The molecule has 1 aromatic carbocycles. The Morgan fingerprint density at radius 3 is 2.85 bits per heavy atom. The van der Waals surface area contributed by atoms with Gasteiger partial charge in [-0.25, -0.2) is 0 Å². The third-order valence-corrected chi connectivity index (χ3v) is 2.69. The van der Waals surface area contributed by atoms with Crippen molar-refractivity contribution in [3.63, 3.8) is 0 Å². The monoisotopic (exact) mass is 310 g/mol. The van der Waals surface area contributed by atoms with Crippen molar-refractivity contribution in [1.82, 2.24) is 0 Å². The molecule has 0 radical (unpaired) electrons. The maximum absolute atomic E-state index is 10.5. The molecule has 0 bridgehead atoms. The summed E-state index contributed by atoms with van der Waals surface area (Å²) in [6.07, 6.45) is 0. The third-order valence-electron chi connectivity index (χ3n) is 1.45. The van der Waals surface area contributed by atoms with E-state index in [9.17, 15) is 4.79 Å². The Bertz CT molecular complexity index is 325. The van der Waals surface area contributed by atoms with Crippen molar-refractivity contribution in [1.29, 1.82) is 0 Å². The smallest absolute Gasteiger partial charge is 0.302 e. The van der Waals surface area contributed by atoms with Gasteiger partial charge in [0, 0.05) is 21.1 Å². The van der Waals surface area contributed by atoms with E-state index in [0.29, 0.717) is 11.6 Å². The fourth-order valence-electron chi connectivity index (χ4n) is 0.818. The average Bonchev–Trinajstić information content (AvgIpc) is 2.02. The second kappa shape index (κ2) is 4.81. The number of hydrogen-bond donors (Lipinski definition) is 0. The standard InChI is InChI=1S/C9H8ClIO2/c1-6(12)13-5-7-2-3-8(10)4-9(7)11/h2-4H,5H2,1H3. The summed E-state index contributed by atoms with van der Waals surface area (Å²) >= 11 is 7.92. The van der Waals surface area contributed by atoms with Crippen molar-refractivity contribution >= 4 is 40.2 Å². The Hall–Kier alpha value is -0.290. The van der Waals surface area contributed by atoms with E-state index < -0.39 is 0 Å². The summed E-state index contributed by atoms with van der Waals surface area (Å²) in [5, 5.41) is 0.691. The van der Waals surface area contributed by atoms with Crippen LogP contribution in [0.4, 0.5) is 0 Å². The van der Waals surface area contributed by atoms with Crippen LogP contribution in [0.5, 0.6) is 0 Å². The first-order valence-electron chi connectivity index (χ1n) is 3.67. The van der Waals surface area contributed by atoms with Crippen LogP contribution in [0, 0.1) is 3.57 Å². The Morgan fingerprint density at radius 1 is 1.62 bits per heavy atom. The molecule has 0 aliphatic rings. The fraction of sp³-hybridized carbons (Fsp3) is 0.222. The molecule has 0 aromatic heterocycles. The lowest BCUT2D eigenvalue weighted by Crippen LogP contribution is -2.00. The summed E-state index contributed by atoms with van der Waals surface area (Å²) in [4.78, 5) is 10.5. The second-order valence-corrected chi connectivity index (χ2v) is 4.11. The maximum Gasteiger partial charge on any atom is 0.302 e. The lowest BCUT2D eigenvalue weighted by atomic mass is 10.2. The van der Waals surface area contributed by atoms with Crippen molar-refractivity contribution in [3.05, 3.63) is 32.4 Å². The molecular formula is C9H8ClIO2. The number of benzene rings is 1. The first kappa shape index (κ1) is 10.8. The van der Waals surface area contributed by atoms with Crippen LogP contribution in [-0.4, -0.2) is 5.97 Å². The van der Waals surface area contributed by atoms with Gasteiger partial charge in [0.25, 0.3) is 0 Å². The molecule has 0 unspecified atom stereocenters. The molecule has 0 N–H and O–H groups in total. The topological polar surface area (TPSA) is 26.3 Å². The fourth-order valence-corrected chi connectivity index (χ4v) is 1.85. The molecule has 1 rings (SSSR count). The highest BCUT2D eigenvalue weighted by atomic mass is 127. The Balaban J connectivity index is 2.72. The van der Waals surface area contributed by atoms with Gasteiger partial charge in [-0.3, -0.25) is 4.79 Å². The number of hydrogen-bond acceptors (Lipinski definition) is 2. The summed E-state index contributed by atoms with van der Waals surface area (Å²) in [6.45, 7) is 1.70. The molecule has 0 heterocycles. The summed E-state index contributed by atoms with van der Waals surface area (Å²) in [6, 6.07) is 5.47. The highest BCUT2D eigenvalue weighted by Gasteiger charge is 2.01. The predicted molar refractivity (Wildman–Crippen MR) is 59.6 cm³/mol. The van der Waals surface area contributed by atoms with Gasteiger partial charge in [-0.1, -0.05) is 17.7 Å². The van der Waals surface area contributed by atoms with E-state index in [1.165, 1.54) is 6.92 Å². The van der Waals surface area contributed by atoms with Gasteiger partial charge >= 0.3 is 5.97 Å². The molecule has 2 nitrogen and oxygen atoms in total. The van der Waals surface area contributed by atoms with Crippen LogP contribution < -0.4 is 0 Å². The summed E-state index contributed by atoms with van der Waals surface area (Å²) < 4.78 is 5.87. The van der Waals surface area contributed by atoms with Gasteiger partial charge in [-0.05, 0) is 34.7 Å². The van der Waals surface area contributed by atoms with Crippen LogP contribution in [0.15, 0.2) is 18.2 Å². The van der Waals surface area contributed by atoms with Gasteiger partial charge in [-0.15, -0.1) is 0 Å². The van der Waals surface area contributed by atoms with Crippen molar-refractivity contribution in [2.75, 3.05) is 0 Å². The summed E-state index contributed by atoms with van der Waals surface area (Å²) in [5.41, 5.74) is 0.972. The molecule has 1 aromatic rings. The van der Waals surface area contributed by atoms with E-state index in [1.54, 1.807) is 6.07 Å². The molecule has 0 atom stereocenters. The van der Waals surface area contributed by atoms with E-state index in [2.05, 4.69) is 22.6 Å². The third kappa shape index (κ3) is 3.52. The quantitative estimate of drug-likeness (QED) is 0.620. The van der Waals surface area contributed by atoms with Gasteiger partial charge in [0.15, 0.2) is 0 Å². The molecule has 0 saturated carbocycles. The lowest BCUT2D eigenvalue weighted by molar-refractivity contribution is -0.142. The van der Waals surface area contributed by atoms with Crippen LogP contribution >= 0.6 is 34.2 Å². The number of carbonyl (C=O) groups excluding carboxylic acids is 1. The zero-order chi connectivity index (χ0) is 9.84. The van der Waals surface area contributed by atoms with E-state index in [1.807, 2.05) is 12.1 Å². The Morgan fingerprint density at radius 2 is 2.31 bits per heavy atom. The van der Waals surface area contributed by atoms with E-state index >= 15 is 0 Å². The average molecular weight is 311 g/mol. The van der Waals surface area contributed by atoms with Crippen LogP contribution in [0.1, 0.15) is 12.5 Å². The first-order valence-corrected chi connectivity index (χ1v) is 5.12. The normalized spacial score (nSPS) is 9.77. The summed E-state index contributed by atoms with van der Waals surface area (Å²) in [5.74, 6) is -0.272. The largest absolute Gasteiger partial charge is 0.461 e. The highest BCUT2D eigenvalue weighted by molar-refractivity contribution is 14.1. The molecule has 0 saturated heterocycles. The van der Waals surface area contributed by atoms with Gasteiger partial charge < -0.3 is 4.74 Å². The minimum Gasteiger partial charge on any atom is -0.461 e. The van der Waals surface area contributed by atoms with Crippen LogP contribution in [-0.2, 0) is 16.1 Å². The van der Waals surface area contributed by atoms with Crippen molar-refractivity contribution < 1.29 is 9.53 Å². The molecule has 13 heavy (non-hydrogen) atoms. The van der Waals surface area contributed by atoms with Crippen molar-refractivity contribution in [3.8, 4) is 0 Å². The number of carbonyl (C=O) groups is 1. The highest BCUT2D eigenvalue weighted by Crippen LogP contribution is 2.18. The lowest BCUT2D eigenvalue weighted by Gasteiger charge is -2.04. The number of halogens is 2. The minimum atomic E-state index is -0.272. The molecule has 0 amide bonds. The Labute approximate surface area is 95.4 Å². The van der Waals surface area contributed by atoms with Crippen molar-refractivity contribution in [2.45, 2.75) is 13.5 Å². The van der Waals surface area contributed by atoms with E-state index in [0.717, 1.165) is 9.13 Å². The minimum absolute atomic E-state index is 0.272. The number of esters is 1. The zero-order valence-electron chi connectivity index (χ0n) is 7.01. The molecule has 0 aliphatic heterocycles. The summed E-state index contributed by atoms with van der Waals surface area (Å²) in [7, 11) is 0. The number of rotatable bonds is 2. The van der Waals surface area contributed by atoms with Crippen molar-refractivity contribution in [2.24, 2.45) is 0 Å². The molecule has 4 heteroatoms.